The molecule has 0 aliphatic heterocycles. The number of nitrogens with two attached hydrogens (primary N) is 1. The van der Waals surface area contributed by atoms with Gasteiger partial charge in [0.05, 0.1) is 6.10 Å². The van der Waals surface area contributed by atoms with E-state index in [1.54, 1.807) is 12.1 Å². The maximum Gasteiger partial charge on any atom is 0.274 e. The highest BCUT2D eigenvalue weighted by Gasteiger charge is 2.20. The molecule has 2 rings (SSSR count). The van der Waals surface area contributed by atoms with Gasteiger partial charge in [0.1, 0.15) is 0 Å². The molecule has 5 heteroatoms. The number of halogens is 1. The van der Waals surface area contributed by atoms with E-state index >= 15 is 0 Å². The predicted octanol–water partition coefficient (Wildman–Crippen LogP) is 2.38. The van der Waals surface area contributed by atoms with Gasteiger partial charge in [-0.2, -0.15) is 0 Å². The summed E-state index contributed by atoms with van der Waals surface area (Å²) >= 11 is 3.33. The van der Waals surface area contributed by atoms with Crippen LogP contribution in [0.2, 0.25) is 0 Å². The summed E-state index contributed by atoms with van der Waals surface area (Å²) in [5, 5.41) is 0. The lowest BCUT2D eigenvalue weighted by Crippen LogP contribution is -2.35. The molecule has 0 atom stereocenters. The number of amides is 1. The molecule has 1 aliphatic carbocycles. The molecule has 1 saturated carbocycles. The van der Waals surface area contributed by atoms with Gasteiger partial charge in [0.2, 0.25) is 0 Å². The fourth-order valence-electron chi connectivity index (χ4n) is 2.03. The number of hydroxylamine groups is 1. The molecule has 0 saturated heterocycles. The minimum absolute atomic E-state index is 0.0842. The van der Waals surface area contributed by atoms with Gasteiger partial charge >= 0.3 is 0 Å². The van der Waals surface area contributed by atoms with Crippen molar-refractivity contribution >= 4 is 21.8 Å². The Morgan fingerprint density at radius 1 is 1.33 bits per heavy atom. The van der Waals surface area contributed by atoms with Crippen LogP contribution < -0.4 is 11.2 Å². The number of carbonyl (C=O) groups excluding carboxylic acids is 1. The molecule has 1 amide bonds. The van der Waals surface area contributed by atoms with E-state index in [1.165, 1.54) is 0 Å². The molecule has 98 valence electrons. The first-order valence-corrected chi connectivity index (χ1v) is 6.91. The molecule has 0 heterocycles. The molecule has 3 N–H and O–H groups in total. The topological polar surface area (TPSA) is 64.3 Å². The van der Waals surface area contributed by atoms with E-state index < -0.39 is 0 Å². The first kappa shape index (κ1) is 13.5. The lowest BCUT2D eigenvalue weighted by atomic mass is 9.94. The predicted molar refractivity (Wildman–Crippen MR) is 72.9 cm³/mol. The number of hydrogen-bond donors (Lipinski definition) is 2. The molecule has 0 bridgehead atoms. The SMILES string of the molecule is NC1CCC(ONC(=O)c2cccc(Br)c2)CC1. The minimum Gasteiger partial charge on any atom is -0.328 e. The van der Waals surface area contributed by atoms with Crippen molar-refractivity contribution in [3.63, 3.8) is 0 Å². The van der Waals surface area contributed by atoms with Crippen molar-refractivity contribution in [1.82, 2.24) is 5.48 Å². The summed E-state index contributed by atoms with van der Waals surface area (Å²) in [6.45, 7) is 0. The average molecular weight is 313 g/mol. The summed E-state index contributed by atoms with van der Waals surface area (Å²) in [7, 11) is 0. The van der Waals surface area contributed by atoms with Crippen molar-refractivity contribution in [3.8, 4) is 0 Å². The lowest BCUT2D eigenvalue weighted by molar-refractivity contribution is -0.0331. The van der Waals surface area contributed by atoms with Crippen molar-refractivity contribution < 1.29 is 9.63 Å². The van der Waals surface area contributed by atoms with Gasteiger partial charge in [-0.3, -0.25) is 9.63 Å². The zero-order chi connectivity index (χ0) is 13.0. The van der Waals surface area contributed by atoms with E-state index in [-0.39, 0.29) is 18.1 Å². The molecule has 18 heavy (non-hydrogen) atoms. The molecule has 0 unspecified atom stereocenters. The fraction of sp³-hybridized carbons (Fsp3) is 0.462. The summed E-state index contributed by atoms with van der Waals surface area (Å²) in [6, 6.07) is 7.49. The molecule has 1 aromatic rings. The van der Waals surface area contributed by atoms with Gasteiger partial charge < -0.3 is 5.73 Å². The first-order chi connectivity index (χ1) is 8.65. The van der Waals surface area contributed by atoms with Crippen LogP contribution in [0.5, 0.6) is 0 Å². The Kier molecular flexibility index (Phi) is 4.74. The number of nitrogens with one attached hydrogen (secondary N) is 1. The Morgan fingerprint density at radius 2 is 2.06 bits per heavy atom. The van der Waals surface area contributed by atoms with Gasteiger partial charge in [0, 0.05) is 16.1 Å². The molecule has 0 aromatic heterocycles. The maximum absolute atomic E-state index is 11.8. The number of carbonyl (C=O) groups is 1. The normalized spacial score (nSPS) is 23.7. The molecular formula is C13H17BrN2O2. The Hall–Kier alpha value is -0.910. The number of benzene rings is 1. The standard InChI is InChI=1S/C13H17BrN2O2/c14-10-3-1-2-9(8-10)13(17)16-18-12-6-4-11(15)5-7-12/h1-3,8,11-12H,4-7,15H2,(H,16,17). The average Bonchev–Trinajstić information content (AvgIpc) is 2.38. The van der Waals surface area contributed by atoms with E-state index in [0.717, 1.165) is 30.2 Å². The van der Waals surface area contributed by atoms with Crippen LogP contribution in [0, 0.1) is 0 Å². The smallest absolute Gasteiger partial charge is 0.274 e. The van der Waals surface area contributed by atoms with Crippen molar-refractivity contribution in [3.05, 3.63) is 34.3 Å². The Balaban J connectivity index is 1.81. The van der Waals surface area contributed by atoms with Crippen molar-refractivity contribution in [1.29, 1.82) is 0 Å². The summed E-state index contributed by atoms with van der Waals surface area (Å²) < 4.78 is 0.874. The van der Waals surface area contributed by atoms with E-state index in [4.69, 9.17) is 10.6 Å². The quantitative estimate of drug-likeness (QED) is 0.842. The molecule has 1 aliphatic rings. The minimum atomic E-state index is -0.217. The zero-order valence-electron chi connectivity index (χ0n) is 10.1. The summed E-state index contributed by atoms with van der Waals surface area (Å²) in [5.41, 5.74) is 8.90. The molecule has 0 radical (unpaired) electrons. The van der Waals surface area contributed by atoms with Crippen LogP contribution in [0.15, 0.2) is 28.7 Å². The third-order valence-electron chi connectivity index (χ3n) is 3.12. The van der Waals surface area contributed by atoms with Gasteiger partial charge in [-0.1, -0.05) is 22.0 Å². The van der Waals surface area contributed by atoms with Crippen LogP contribution >= 0.6 is 15.9 Å². The highest BCUT2D eigenvalue weighted by atomic mass is 79.9. The third-order valence-corrected chi connectivity index (χ3v) is 3.62. The second-order valence-corrected chi connectivity index (χ2v) is 5.51. The lowest BCUT2D eigenvalue weighted by Gasteiger charge is -2.25. The van der Waals surface area contributed by atoms with Crippen molar-refractivity contribution in [2.75, 3.05) is 0 Å². The van der Waals surface area contributed by atoms with Gasteiger partial charge in [-0.25, -0.2) is 5.48 Å². The van der Waals surface area contributed by atoms with Gasteiger partial charge in [-0.15, -0.1) is 0 Å². The summed E-state index contributed by atoms with van der Waals surface area (Å²) in [5.74, 6) is -0.217. The molecule has 1 aromatic carbocycles. The van der Waals surface area contributed by atoms with E-state index in [2.05, 4.69) is 21.4 Å². The Labute approximate surface area is 115 Å². The maximum atomic E-state index is 11.8. The van der Waals surface area contributed by atoms with E-state index in [1.807, 2.05) is 12.1 Å². The first-order valence-electron chi connectivity index (χ1n) is 6.12. The zero-order valence-corrected chi connectivity index (χ0v) is 11.7. The molecule has 0 spiro atoms. The van der Waals surface area contributed by atoms with Crippen LogP contribution in [0.1, 0.15) is 36.0 Å². The summed E-state index contributed by atoms with van der Waals surface area (Å²) in [6.07, 6.45) is 3.80. The Bertz CT molecular complexity index is 417. The van der Waals surface area contributed by atoms with Crippen LogP contribution in [-0.4, -0.2) is 18.1 Å². The largest absolute Gasteiger partial charge is 0.328 e. The molecular weight excluding hydrogens is 296 g/mol. The van der Waals surface area contributed by atoms with Gasteiger partial charge in [-0.05, 0) is 43.9 Å². The van der Waals surface area contributed by atoms with Gasteiger partial charge in [0.25, 0.3) is 5.91 Å². The third kappa shape index (κ3) is 3.80. The Morgan fingerprint density at radius 3 is 2.72 bits per heavy atom. The van der Waals surface area contributed by atoms with E-state index in [0.29, 0.717) is 5.56 Å². The van der Waals surface area contributed by atoms with Crippen LogP contribution in [0.4, 0.5) is 0 Å². The number of rotatable bonds is 3. The fourth-order valence-corrected chi connectivity index (χ4v) is 2.43. The second-order valence-electron chi connectivity index (χ2n) is 4.60. The van der Waals surface area contributed by atoms with Crippen LogP contribution in [-0.2, 0) is 4.84 Å². The second kappa shape index (κ2) is 6.31. The molecule has 1 fully saturated rings. The monoisotopic (exact) mass is 312 g/mol. The highest BCUT2D eigenvalue weighted by molar-refractivity contribution is 9.10. The highest BCUT2D eigenvalue weighted by Crippen LogP contribution is 2.19. The summed E-state index contributed by atoms with van der Waals surface area (Å²) in [4.78, 5) is 17.2. The van der Waals surface area contributed by atoms with Crippen LogP contribution in [0.25, 0.3) is 0 Å². The van der Waals surface area contributed by atoms with Crippen molar-refractivity contribution in [2.45, 2.75) is 37.8 Å². The van der Waals surface area contributed by atoms with Crippen molar-refractivity contribution in [2.24, 2.45) is 5.73 Å². The number of hydrogen-bond acceptors (Lipinski definition) is 3. The molecule has 4 nitrogen and oxygen atoms in total. The van der Waals surface area contributed by atoms with Crippen LogP contribution in [0.3, 0.4) is 0 Å². The van der Waals surface area contributed by atoms with Gasteiger partial charge in [0.15, 0.2) is 0 Å². The van der Waals surface area contributed by atoms with E-state index in [9.17, 15) is 4.79 Å².